The first-order valence-electron chi connectivity index (χ1n) is 11.3. The number of ether oxygens (including phenoxy) is 2. The molecule has 1 aromatic heterocycles. The van der Waals surface area contributed by atoms with Crippen LogP contribution < -0.4 is 0 Å². The minimum absolute atomic E-state index is 0.00591. The number of amides is 1. The van der Waals surface area contributed by atoms with E-state index in [0.29, 0.717) is 63.6 Å². The molecule has 0 spiro atoms. The van der Waals surface area contributed by atoms with Crippen LogP contribution in [-0.4, -0.2) is 54.8 Å². The zero-order valence-electron chi connectivity index (χ0n) is 18.3. The number of esters is 1. The number of halogens is 1. The van der Waals surface area contributed by atoms with E-state index in [0.717, 1.165) is 18.4 Å². The van der Waals surface area contributed by atoms with Crippen LogP contribution in [0.2, 0.25) is 0 Å². The van der Waals surface area contributed by atoms with E-state index in [2.05, 4.69) is 5.16 Å². The van der Waals surface area contributed by atoms with Crippen LogP contribution in [0.3, 0.4) is 0 Å². The molecule has 3 heterocycles. The van der Waals surface area contributed by atoms with Crippen LogP contribution in [0.4, 0.5) is 4.39 Å². The molecule has 4 rings (SSSR count). The third-order valence-electron chi connectivity index (χ3n) is 6.52. The molecule has 0 bridgehead atoms. The number of rotatable bonds is 6. The topological polar surface area (TPSA) is 81.9 Å². The van der Waals surface area contributed by atoms with Gasteiger partial charge in [0, 0.05) is 50.3 Å². The Balaban J connectivity index is 1.46. The number of hydrogen-bond donors (Lipinski definition) is 0. The molecule has 172 valence electrons. The summed E-state index contributed by atoms with van der Waals surface area (Å²) in [6.45, 7) is 4.35. The van der Waals surface area contributed by atoms with Crippen LogP contribution >= 0.6 is 0 Å². The van der Waals surface area contributed by atoms with Gasteiger partial charge in [-0.3, -0.25) is 9.59 Å². The van der Waals surface area contributed by atoms with Gasteiger partial charge in [0.2, 0.25) is 5.91 Å². The number of carbonyl (C=O) groups is 2. The Hall–Kier alpha value is -2.74. The number of likely N-dealkylation sites (tertiary alicyclic amines) is 1. The van der Waals surface area contributed by atoms with Gasteiger partial charge in [0.1, 0.15) is 17.3 Å². The largest absolute Gasteiger partial charge is 0.466 e. The van der Waals surface area contributed by atoms with Crippen LogP contribution in [0.15, 0.2) is 34.9 Å². The van der Waals surface area contributed by atoms with Gasteiger partial charge in [-0.15, -0.1) is 0 Å². The molecule has 8 heteroatoms. The number of hydrogen-bond acceptors (Lipinski definition) is 6. The monoisotopic (exact) mass is 444 g/mol. The molecule has 7 nitrogen and oxygen atoms in total. The quantitative estimate of drug-likeness (QED) is 0.633. The van der Waals surface area contributed by atoms with E-state index in [1.54, 1.807) is 25.1 Å². The average Bonchev–Trinajstić information content (AvgIpc) is 3.28. The first-order chi connectivity index (χ1) is 15.5. The maximum atomic E-state index is 13.2. The highest BCUT2D eigenvalue weighted by molar-refractivity contribution is 5.81. The molecule has 2 aromatic rings. The number of carbonyl (C=O) groups excluding carboxylic acids is 2. The minimum Gasteiger partial charge on any atom is -0.466 e. The van der Waals surface area contributed by atoms with Crippen LogP contribution in [0.25, 0.3) is 11.3 Å². The zero-order valence-corrected chi connectivity index (χ0v) is 18.3. The predicted molar refractivity (Wildman–Crippen MR) is 114 cm³/mol. The van der Waals surface area contributed by atoms with E-state index in [1.165, 1.54) is 12.1 Å². The average molecular weight is 445 g/mol. The summed E-state index contributed by atoms with van der Waals surface area (Å²) in [5, 5.41) is 4.10. The lowest BCUT2D eigenvalue weighted by Crippen LogP contribution is -2.50. The summed E-state index contributed by atoms with van der Waals surface area (Å²) in [6, 6.07) is 7.80. The summed E-state index contributed by atoms with van der Waals surface area (Å²) in [5.74, 6) is 0.149. The van der Waals surface area contributed by atoms with Crippen LogP contribution in [0.1, 0.15) is 38.4 Å². The minimum atomic E-state index is -0.762. The molecule has 0 unspecified atom stereocenters. The molecule has 0 N–H and O–H groups in total. The summed E-state index contributed by atoms with van der Waals surface area (Å²) in [6.07, 6.45) is 2.87. The second kappa shape index (κ2) is 9.81. The van der Waals surface area contributed by atoms with Crippen molar-refractivity contribution >= 4 is 11.9 Å². The Bertz CT molecular complexity index is 928. The van der Waals surface area contributed by atoms with Crippen LogP contribution in [0, 0.1) is 17.2 Å². The number of aromatic nitrogens is 1. The highest BCUT2D eigenvalue weighted by atomic mass is 19.1. The van der Waals surface area contributed by atoms with Gasteiger partial charge in [-0.1, -0.05) is 5.16 Å². The molecule has 1 aromatic carbocycles. The summed E-state index contributed by atoms with van der Waals surface area (Å²) >= 11 is 0. The highest BCUT2D eigenvalue weighted by Gasteiger charge is 2.45. The SMILES string of the molecule is CCOC(=O)C1(Cc2cc(-c3ccc(F)cc3)no2)CCN(C(=O)C2CCOCC2)CC1. The van der Waals surface area contributed by atoms with Crippen molar-refractivity contribution in [3.05, 3.63) is 41.9 Å². The van der Waals surface area contributed by atoms with Crippen molar-refractivity contribution in [1.82, 2.24) is 10.1 Å². The van der Waals surface area contributed by atoms with E-state index < -0.39 is 5.41 Å². The summed E-state index contributed by atoms with van der Waals surface area (Å²) < 4.78 is 29.5. The third-order valence-corrected chi connectivity index (χ3v) is 6.52. The van der Waals surface area contributed by atoms with Crippen molar-refractivity contribution in [2.75, 3.05) is 32.9 Å². The molecule has 2 saturated heterocycles. The van der Waals surface area contributed by atoms with Gasteiger partial charge >= 0.3 is 5.97 Å². The fraction of sp³-hybridized carbons (Fsp3) is 0.542. The maximum Gasteiger partial charge on any atom is 0.312 e. The summed E-state index contributed by atoms with van der Waals surface area (Å²) in [7, 11) is 0. The normalized spacial score (nSPS) is 19.0. The van der Waals surface area contributed by atoms with Crippen molar-refractivity contribution in [3.8, 4) is 11.3 Å². The molecule has 0 radical (unpaired) electrons. The second-order valence-corrected chi connectivity index (χ2v) is 8.57. The van der Waals surface area contributed by atoms with Gasteiger partial charge in [-0.2, -0.15) is 0 Å². The standard InChI is InChI=1S/C24H29FN2O5/c1-2-31-23(29)24(9-11-27(12-10-24)22(28)18-7-13-30-14-8-18)16-20-15-21(26-32-20)17-3-5-19(25)6-4-17/h3-6,15,18H,2,7-14,16H2,1H3. The first-order valence-corrected chi connectivity index (χ1v) is 11.3. The van der Waals surface area contributed by atoms with E-state index in [4.69, 9.17) is 14.0 Å². The fourth-order valence-corrected chi connectivity index (χ4v) is 4.58. The zero-order chi connectivity index (χ0) is 22.6. The molecule has 0 atom stereocenters. The van der Waals surface area contributed by atoms with Crippen molar-refractivity contribution in [2.24, 2.45) is 11.3 Å². The molecular formula is C24H29FN2O5. The summed E-state index contributed by atoms with van der Waals surface area (Å²) in [5.41, 5.74) is 0.566. The van der Waals surface area contributed by atoms with Crippen molar-refractivity contribution in [3.63, 3.8) is 0 Å². The molecule has 0 saturated carbocycles. The summed E-state index contributed by atoms with van der Waals surface area (Å²) in [4.78, 5) is 27.7. The Kier molecular flexibility index (Phi) is 6.89. The first kappa shape index (κ1) is 22.5. The van der Waals surface area contributed by atoms with Gasteiger partial charge in [-0.25, -0.2) is 4.39 Å². The maximum absolute atomic E-state index is 13.2. The molecule has 2 fully saturated rings. The van der Waals surface area contributed by atoms with Crippen molar-refractivity contribution < 1.29 is 28.0 Å². The lowest BCUT2D eigenvalue weighted by molar-refractivity contribution is -0.161. The molecule has 2 aliphatic heterocycles. The third kappa shape index (κ3) is 4.85. The molecule has 1 amide bonds. The van der Waals surface area contributed by atoms with E-state index in [9.17, 15) is 14.0 Å². The Morgan fingerprint density at radius 2 is 1.88 bits per heavy atom. The van der Waals surface area contributed by atoms with E-state index >= 15 is 0 Å². The number of piperidine rings is 1. The van der Waals surface area contributed by atoms with Gasteiger partial charge in [0.25, 0.3) is 0 Å². The number of nitrogens with zero attached hydrogens (tertiary/aromatic N) is 2. The number of benzene rings is 1. The Morgan fingerprint density at radius 1 is 1.19 bits per heavy atom. The molecule has 32 heavy (non-hydrogen) atoms. The van der Waals surface area contributed by atoms with Crippen molar-refractivity contribution in [2.45, 2.75) is 39.0 Å². The molecular weight excluding hydrogens is 415 g/mol. The van der Waals surface area contributed by atoms with Crippen LogP contribution in [-0.2, 0) is 25.5 Å². The molecule has 2 aliphatic rings. The van der Waals surface area contributed by atoms with E-state index in [-0.39, 0.29) is 23.6 Å². The fourth-order valence-electron chi connectivity index (χ4n) is 4.58. The molecule has 0 aliphatic carbocycles. The van der Waals surface area contributed by atoms with E-state index in [1.807, 2.05) is 4.90 Å². The lowest BCUT2D eigenvalue weighted by atomic mass is 9.74. The van der Waals surface area contributed by atoms with Crippen molar-refractivity contribution in [1.29, 1.82) is 0 Å². The highest BCUT2D eigenvalue weighted by Crippen LogP contribution is 2.38. The lowest BCUT2D eigenvalue weighted by Gasteiger charge is -2.40. The smallest absolute Gasteiger partial charge is 0.312 e. The Labute approximate surface area is 186 Å². The van der Waals surface area contributed by atoms with Gasteiger partial charge in [-0.05, 0) is 56.9 Å². The van der Waals surface area contributed by atoms with Gasteiger partial charge in [0.05, 0.1) is 12.0 Å². The van der Waals surface area contributed by atoms with Gasteiger partial charge < -0.3 is 18.9 Å². The predicted octanol–water partition coefficient (Wildman–Crippen LogP) is 3.62. The second-order valence-electron chi connectivity index (χ2n) is 8.57. The van der Waals surface area contributed by atoms with Crippen LogP contribution in [0.5, 0.6) is 0 Å². The Morgan fingerprint density at radius 3 is 2.53 bits per heavy atom. The van der Waals surface area contributed by atoms with Gasteiger partial charge in [0.15, 0.2) is 0 Å².